The van der Waals surface area contributed by atoms with Crippen molar-refractivity contribution in [3.8, 4) is 5.69 Å². The highest BCUT2D eigenvalue weighted by Gasteiger charge is 2.53. The maximum absolute atomic E-state index is 13.3. The molecule has 4 aliphatic carbocycles. The van der Waals surface area contributed by atoms with E-state index in [2.05, 4.69) is 17.3 Å². The zero-order valence-electron chi connectivity index (χ0n) is 18.7. The molecular weight excluding hydrogens is 389 g/mol. The molecule has 2 aromatic rings. The van der Waals surface area contributed by atoms with Gasteiger partial charge < -0.3 is 5.32 Å². The standard InChI is InChI=1S/C26H32FN3O/c1-16-24(17(2)30(29-16)23-6-4-22(27)5-7-23)8-9-25(31)28-18(3)26-13-19-10-20(14-26)12-21(11-19)15-26/h4-9,18-21H,10-15H2,1-3H3,(H,28,31)/b9-8+/t18-,19?,20?,21?,26?/m0/s1. The summed E-state index contributed by atoms with van der Waals surface area (Å²) in [6.45, 7) is 6.11. The molecule has 1 N–H and O–H groups in total. The number of rotatable bonds is 5. The van der Waals surface area contributed by atoms with E-state index in [4.69, 9.17) is 0 Å². The Morgan fingerprint density at radius 2 is 1.71 bits per heavy atom. The Kier molecular flexibility index (Phi) is 5.03. The zero-order chi connectivity index (χ0) is 21.8. The SMILES string of the molecule is Cc1nn(-c2ccc(F)cc2)c(C)c1/C=C/C(=O)N[C@@H](C)C12CC3CC(CC(C3)C1)C2. The molecule has 0 aliphatic heterocycles. The zero-order valence-corrected chi connectivity index (χ0v) is 18.7. The van der Waals surface area contributed by atoms with Crippen LogP contribution in [0.2, 0.25) is 0 Å². The van der Waals surface area contributed by atoms with E-state index >= 15 is 0 Å². The summed E-state index contributed by atoms with van der Waals surface area (Å²) in [6, 6.07) is 6.49. The Bertz CT molecular complexity index is 985. The van der Waals surface area contributed by atoms with Gasteiger partial charge in [-0.05, 0) is 113 Å². The van der Waals surface area contributed by atoms with E-state index in [0.29, 0.717) is 5.41 Å². The third-order valence-electron chi connectivity index (χ3n) is 8.18. The third kappa shape index (κ3) is 3.72. The molecule has 164 valence electrons. The number of carbonyl (C=O) groups excluding carboxylic acids is 1. The summed E-state index contributed by atoms with van der Waals surface area (Å²) >= 11 is 0. The number of hydrogen-bond acceptors (Lipinski definition) is 2. The second-order valence-corrected chi connectivity index (χ2v) is 10.3. The van der Waals surface area contributed by atoms with Crippen molar-refractivity contribution in [1.29, 1.82) is 0 Å². The smallest absolute Gasteiger partial charge is 0.244 e. The van der Waals surface area contributed by atoms with Gasteiger partial charge in [0.1, 0.15) is 5.82 Å². The van der Waals surface area contributed by atoms with Gasteiger partial charge in [0, 0.05) is 23.4 Å². The minimum Gasteiger partial charge on any atom is -0.350 e. The maximum Gasteiger partial charge on any atom is 0.244 e. The second-order valence-electron chi connectivity index (χ2n) is 10.3. The summed E-state index contributed by atoms with van der Waals surface area (Å²) in [5.41, 5.74) is 3.82. The molecule has 4 bridgehead atoms. The van der Waals surface area contributed by atoms with Gasteiger partial charge in [0.25, 0.3) is 0 Å². The van der Waals surface area contributed by atoms with Crippen LogP contribution in [0, 0.1) is 42.8 Å². The summed E-state index contributed by atoms with van der Waals surface area (Å²) < 4.78 is 15.0. The van der Waals surface area contributed by atoms with Gasteiger partial charge in [0.2, 0.25) is 5.91 Å². The van der Waals surface area contributed by atoms with Gasteiger partial charge in [0.05, 0.1) is 11.4 Å². The Morgan fingerprint density at radius 3 is 2.29 bits per heavy atom. The van der Waals surface area contributed by atoms with E-state index < -0.39 is 0 Å². The van der Waals surface area contributed by atoms with Crippen molar-refractivity contribution >= 4 is 12.0 Å². The molecule has 0 unspecified atom stereocenters. The summed E-state index contributed by atoms with van der Waals surface area (Å²) in [6.07, 6.45) is 11.6. The lowest BCUT2D eigenvalue weighted by molar-refractivity contribution is -0.121. The van der Waals surface area contributed by atoms with Crippen LogP contribution in [0.5, 0.6) is 0 Å². The van der Waals surface area contributed by atoms with Crippen molar-refractivity contribution in [1.82, 2.24) is 15.1 Å². The van der Waals surface area contributed by atoms with Crippen LogP contribution in [-0.2, 0) is 4.79 Å². The predicted molar refractivity (Wildman–Crippen MR) is 120 cm³/mol. The van der Waals surface area contributed by atoms with E-state index in [1.54, 1.807) is 22.9 Å². The van der Waals surface area contributed by atoms with Gasteiger partial charge in [-0.25, -0.2) is 9.07 Å². The van der Waals surface area contributed by atoms with Crippen molar-refractivity contribution in [2.45, 2.75) is 65.3 Å². The first-order valence-electron chi connectivity index (χ1n) is 11.6. The molecule has 5 heteroatoms. The molecule has 1 aromatic carbocycles. The molecule has 0 saturated heterocycles. The van der Waals surface area contributed by atoms with Crippen LogP contribution in [0.15, 0.2) is 30.3 Å². The maximum atomic E-state index is 13.3. The molecule has 31 heavy (non-hydrogen) atoms. The summed E-state index contributed by atoms with van der Waals surface area (Å²) in [4.78, 5) is 12.8. The number of aryl methyl sites for hydroxylation is 1. The molecule has 4 fully saturated rings. The van der Waals surface area contributed by atoms with Crippen molar-refractivity contribution in [2.75, 3.05) is 0 Å². The van der Waals surface area contributed by atoms with Crippen LogP contribution >= 0.6 is 0 Å². The monoisotopic (exact) mass is 421 g/mol. The number of carbonyl (C=O) groups is 1. The van der Waals surface area contributed by atoms with Gasteiger partial charge in [-0.3, -0.25) is 4.79 Å². The van der Waals surface area contributed by atoms with Gasteiger partial charge in [-0.15, -0.1) is 0 Å². The molecule has 1 aromatic heterocycles. The lowest BCUT2D eigenvalue weighted by Gasteiger charge is -2.59. The Hall–Kier alpha value is -2.43. The topological polar surface area (TPSA) is 46.9 Å². The highest BCUT2D eigenvalue weighted by atomic mass is 19.1. The Balaban J connectivity index is 1.29. The number of aromatic nitrogens is 2. The number of nitrogens with one attached hydrogen (secondary N) is 1. The highest BCUT2D eigenvalue weighted by molar-refractivity contribution is 5.92. The first-order valence-corrected chi connectivity index (χ1v) is 11.6. The molecule has 1 heterocycles. The van der Waals surface area contributed by atoms with Crippen LogP contribution in [0.1, 0.15) is 62.4 Å². The minimum absolute atomic E-state index is 0.0309. The molecule has 1 atom stereocenters. The fourth-order valence-electron chi connectivity index (χ4n) is 7.01. The largest absolute Gasteiger partial charge is 0.350 e. The van der Waals surface area contributed by atoms with E-state index in [9.17, 15) is 9.18 Å². The van der Waals surface area contributed by atoms with E-state index in [1.807, 2.05) is 19.9 Å². The van der Waals surface area contributed by atoms with Crippen molar-refractivity contribution in [2.24, 2.45) is 23.2 Å². The second kappa shape index (κ2) is 7.61. The molecule has 6 rings (SSSR count). The average Bonchev–Trinajstić information content (AvgIpc) is 2.99. The Labute approximate surface area is 183 Å². The van der Waals surface area contributed by atoms with E-state index in [-0.39, 0.29) is 17.8 Å². The molecular formula is C26H32FN3O. The summed E-state index contributed by atoms with van der Waals surface area (Å²) in [7, 11) is 0. The average molecular weight is 422 g/mol. The lowest BCUT2D eigenvalue weighted by Crippen LogP contribution is -2.55. The number of benzene rings is 1. The van der Waals surface area contributed by atoms with Gasteiger partial charge in [-0.2, -0.15) is 5.10 Å². The normalized spacial score (nSPS) is 30.1. The first-order chi connectivity index (χ1) is 14.8. The van der Waals surface area contributed by atoms with Gasteiger partial charge in [0.15, 0.2) is 0 Å². The molecule has 4 nitrogen and oxygen atoms in total. The fourth-order valence-corrected chi connectivity index (χ4v) is 7.01. The minimum atomic E-state index is -0.268. The molecule has 0 spiro atoms. The number of amides is 1. The lowest BCUT2D eigenvalue weighted by atomic mass is 9.48. The van der Waals surface area contributed by atoms with Crippen molar-refractivity contribution in [3.63, 3.8) is 0 Å². The van der Waals surface area contributed by atoms with Crippen molar-refractivity contribution in [3.05, 3.63) is 53.1 Å². The van der Waals surface area contributed by atoms with Crippen LogP contribution < -0.4 is 5.32 Å². The number of halogens is 1. The van der Waals surface area contributed by atoms with Crippen LogP contribution in [0.4, 0.5) is 4.39 Å². The fraction of sp³-hybridized carbons (Fsp3) is 0.538. The Morgan fingerprint density at radius 1 is 1.13 bits per heavy atom. The first kappa shape index (κ1) is 20.5. The van der Waals surface area contributed by atoms with Gasteiger partial charge >= 0.3 is 0 Å². The molecule has 1 amide bonds. The van der Waals surface area contributed by atoms with E-state index in [0.717, 1.165) is 40.4 Å². The number of nitrogens with zero attached hydrogens (tertiary/aromatic N) is 2. The van der Waals surface area contributed by atoms with Crippen LogP contribution in [-0.4, -0.2) is 21.7 Å². The predicted octanol–water partition coefficient (Wildman–Crippen LogP) is 5.36. The van der Waals surface area contributed by atoms with Gasteiger partial charge in [-0.1, -0.05) is 0 Å². The molecule has 0 radical (unpaired) electrons. The molecule has 4 saturated carbocycles. The van der Waals surface area contributed by atoms with Crippen LogP contribution in [0.3, 0.4) is 0 Å². The van der Waals surface area contributed by atoms with Crippen LogP contribution in [0.25, 0.3) is 11.8 Å². The van der Waals surface area contributed by atoms with Crippen molar-refractivity contribution < 1.29 is 9.18 Å². The highest BCUT2D eigenvalue weighted by Crippen LogP contribution is 2.61. The summed E-state index contributed by atoms with van der Waals surface area (Å²) in [5.74, 6) is 2.34. The summed E-state index contributed by atoms with van der Waals surface area (Å²) in [5, 5.41) is 7.88. The third-order valence-corrected chi connectivity index (χ3v) is 8.18. The number of hydrogen-bond donors (Lipinski definition) is 1. The quantitative estimate of drug-likeness (QED) is 0.661. The molecule has 4 aliphatic rings. The van der Waals surface area contributed by atoms with E-state index in [1.165, 1.54) is 50.7 Å².